The van der Waals surface area contributed by atoms with Crippen LogP contribution in [0.5, 0.6) is 0 Å². The number of benzene rings is 4. The minimum Gasteiger partial charge on any atom is -0.374 e. The first-order valence-electron chi connectivity index (χ1n) is 11.9. The molecule has 2 N–H and O–H groups in total. The van der Waals surface area contributed by atoms with Crippen molar-refractivity contribution in [2.45, 2.75) is 21.9 Å². The highest BCUT2D eigenvalue weighted by atomic mass is 32.1. The molecular formula is C26H20N6O8S2. The van der Waals surface area contributed by atoms with Crippen molar-refractivity contribution in [3.8, 4) is 0 Å². The van der Waals surface area contributed by atoms with Crippen molar-refractivity contribution in [2.75, 3.05) is 10.6 Å². The fourth-order valence-electron chi connectivity index (χ4n) is 4.53. The standard InChI is InChI=1S/C26H20N6O8S2/c33-29(34)17-9-5-10-18(30(35)36)23(17)25(27-15-7-1-3-13-21(15)41)26(28-16-8-2-4-14-22(16)42)24-19(31(37)38)11-6-12-20(24)32(39)40/h1-14,25-28,41-42H. The van der Waals surface area contributed by atoms with Gasteiger partial charge in [0.05, 0.1) is 31.8 Å². The average Bonchev–Trinajstić information content (AvgIpc) is 2.95. The summed E-state index contributed by atoms with van der Waals surface area (Å²) in [6, 6.07) is 16.0. The normalized spacial score (nSPS) is 12.1. The van der Waals surface area contributed by atoms with Gasteiger partial charge >= 0.3 is 0 Å². The summed E-state index contributed by atoms with van der Waals surface area (Å²) in [4.78, 5) is 46.3. The van der Waals surface area contributed by atoms with Crippen molar-refractivity contribution in [3.63, 3.8) is 0 Å². The number of hydrogen-bond donors (Lipinski definition) is 4. The number of thiol groups is 2. The first-order valence-corrected chi connectivity index (χ1v) is 12.8. The average molecular weight is 609 g/mol. The quantitative estimate of drug-likeness (QED) is 0.0789. The number of nitro groups is 4. The first kappa shape index (κ1) is 29.8. The van der Waals surface area contributed by atoms with Gasteiger partial charge in [0.15, 0.2) is 0 Å². The molecule has 0 saturated carbocycles. The Morgan fingerprint density at radius 1 is 0.476 bits per heavy atom. The van der Waals surface area contributed by atoms with E-state index in [0.717, 1.165) is 36.4 Å². The number of rotatable bonds is 11. The molecule has 2 atom stereocenters. The van der Waals surface area contributed by atoms with Crippen molar-refractivity contribution >= 4 is 59.4 Å². The maximum atomic E-state index is 12.2. The maximum Gasteiger partial charge on any atom is 0.281 e. The van der Waals surface area contributed by atoms with Crippen molar-refractivity contribution in [2.24, 2.45) is 0 Å². The van der Waals surface area contributed by atoms with E-state index in [1.54, 1.807) is 36.4 Å². The Labute approximate surface area is 247 Å². The van der Waals surface area contributed by atoms with E-state index in [2.05, 4.69) is 35.9 Å². The number of hydrogen-bond acceptors (Lipinski definition) is 12. The summed E-state index contributed by atoms with van der Waals surface area (Å²) in [5.41, 5.74) is -3.24. The van der Waals surface area contributed by atoms with Crippen LogP contribution in [0.4, 0.5) is 34.1 Å². The Morgan fingerprint density at radius 3 is 1.02 bits per heavy atom. The number of anilines is 2. The van der Waals surface area contributed by atoms with Crippen LogP contribution in [-0.2, 0) is 0 Å². The molecule has 0 aromatic heterocycles. The van der Waals surface area contributed by atoms with Gasteiger partial charge in [0.1, 0.15) is 11.1 Å². The second kappa shape index (κ2) is 12.5. The van der Waals surface area contributed by atoms with Crippen molar-refractivity contribution < 1.29 is 19.7 Å². The molecule has 14 nitrogen and oxygen atoms in total. The molecule has 4 aromatic rings. The number of nitro benzene ring substituents is 4. The summed E-state index contributed by atoms with van der Waals surface area (Å²) < 4.78 is 0. The second-order valence-electron chi connectivity index (χ2n) is 8.73. The van der Waals surface area contributed by atoms with E-state index in [4.69, 9.17) is 0 Å². The van der Waals surface area contributed by atoms with Crippen LogP contribution in [0.15, 0.2) is 94.7 Å². The summed E-state index contributed by atoms with van der Waals surface area (Å²) in [6.07, 6.45) is 0. The van der Waals surface area contributed by atoms with E-state index >= 15 is 0 Å². The monoisotopic (exact) mass is 608 g/mol. The van der Waals surface area contributed by atoms with Gasteiger partial charge in [-0.2, -0.15) is 0 Å². The van der Waals surface area contributed by atoms with Crippen LogP contribution in [0, 0.1) is 40.5 Å². The molecule has 0 heterocycles. The molecule has 16 heteroatoms. The van der Waals surface area contributed by atoms with Crippen LogP contribution >= 0.6 is 25.3 Å². The summed E-state index contributed by atoms with van der Waals surface area (Å²) in [5, 5.41) is 54.9. The Morgan fingerprint density at radius 2 is 0.762 bits per heavy atom. The van der Waals surface area contributed by atoms with E-state index in [1.807, 2.05) is 0 Å². The van der Waals surface area contributed by atoms with Crippen LogP contribution in [0.1, 0.15) is 23.2 Å². The molecular weight excluding hydrogens is 588 g/mol. The van der Waals surface area contributed by atoms with Gasteiger partial charge in [-0.15, -0.1) is 25.3 Å². The predicted octanol–water partition coefficient (Wildman–Crippen LogP) is 6.90. The van der Waals surface area contributed by atoms with Crippen molar-refractivity contribution in [1.29, 1.82) is 0 Å². The zero-order valence-electron chi connectivity index (χ0n) is 21.2. The third-order valence-corrected chi connectivity index (χ3v) is 7.07. The molecule has 0 fully saturated rings. The van der Waals surface area contributed by atoms with Gasteiger partial charge in [0, 0.05) is 45.4 Å². The Hall–Kier alpha value is -5.22. The maximum absolute atomic E-state index is 12.2. The van der Waals surface area contributed by atoms with E-state index in [1.165, 1.54) is 12.1 Å². The van der Waals surface area contributed by atoms with Crippen molar-refractivity contribution in [3.05, 3.63) is 137 Å². The van der Waals surface area contributed by atoms with E-state index in [-0.39, 0.29) is 11.4 Å². The highest BCUT2D eigenvalue weighted by molar-refractivity contribution is 7.80. The Balaban J connectivity index is 2.16. The molecule has 0 bridgehead atoms. The largest absolute Gasteiger partial charge is 0.374 e. The minimum atomic E-state index is -1.59. The van der Waals surface area contributed by atoms with Crippen LogP contribution in [0.25, 0.3) is 0 Å². The fraction of sp³-hybridized carbons (Fsp3) is 0.0769. The van der Waals surface area contributed by atoms with E-state index in [9.17, 15) is 40.5 Å². The van der Waals surface area contributed by atoms with Gasteiger partial charge in [-0.3, -0.25) is 40.5 Å². The summed E-state index contributed by atoms with van der Waals surface area (Å²) in [7, 11) is 0. The zero-order chi connectivity index (χ0) is 30.6. The smallest absolute Gasteiger partial charge is 0.281 e. The van der Waals surface area contributed by atoms with Crippen LogP contribution < -0.4 is 10.6 Å². The highest BCUT2D eigenvalue weighted by Gasteiger charge is 2.43. The van der Waals surface area contributed by atoms with Crippen LogP contribution in [-0.4, -0.2) is 19.7 Å². The molecule has 0 aliphatic carbocycles. The SMILES string of the molecule is O=[N+]([O-])c1cccc([N+](=O)[O-])c1C(Nc1ccccc1S)C(Nc1ccccc1S)c1c([N+](=O)[O-])cccc1[N+](=O)[O-]. The van der Waals surface area contributed by atoms with Crippen molar-refractivity contribution in [1.82, 2.24) is 0 Å². The molecule has 0 saturated heterocycles. The molecule has 0 spiro atoms. The van der Waals surface area contributed by atoms with E-state index in [0.29, 0.717) is 9.79 Å². The first-order chi connectivity index (χ1) is 20.0. The zero-order valence-corrected chi connectivity index (χ0v) is 23.0. The predicted molar refractivity (Wildman–Crippen MR) is 160 cm³/mol. The van der Waals surface area contributed by atoms with E-state index < -0.39 is 65.7 Å². The summed E-state index contributed by atoms with van der Waals surface area (Å²) in [6.45, 7) is 0. The summed E-state index contributed by atoms with van der Waals surface area (Å²) >= 11 is 8.83. The van der Waals surface area contributed by atoms with Gasteiger partial charge in [-0.1, -0.05) is 24.3 Å². The van der Waals surface area contributed by atoms with Crippen LogP contribution in [0.3, 0.4) is 0 Å². The lowest BCUT2D eigenvalue weighted by Gasteiger charge is -2.31. The third-order valence-electron chi connectivity index (χ3n) is 6.29. The molecule has 214 valence electrons. The molecule has 42 heavy (non-hydrogen) atoms. The molecule has 0 aliphatic heterocycles. The fourth-order valence-corrected chi connectivity index (χ4v) is 4.98. The lowest BCUT2D eigenvalue weighted by atomic mass is 9.88. The minimum absolute atomic E-state index is 0.241. The molecule has 4 rings (SSSR count). The molecule has 0 amide bonds. The molecule has 2 unspecified atom stereocenters. The number of nitrogens with zero attached hydrogens (tertiary/aromatic N) is 4. The van der Waals surface area contributed by atoms with Gasteiger partial charge in [0.25, 0.3) is 22.7 Å². The number of para-hydroxylation sites is 2. The van der Waals surface area contributed by atoms with Gasteiger partial charge in [-0.25, -0.2) is 0 Å². The molecule has 4 aromatic carbocycles. The van der Waals surface area contributed by atoms with Crippen LogP contribution in [0.2, 0.25) is 0 Å². The topological polar surface area (TPSA) is 197 Å². The highest BCUT2D eigenvalue weighted by Crippen LogP contribution is 2.48. The summed E-state index contributed by atoms with van der Waals surface area (Å²) in [5.74, 6) is 0. The number of nitrogens with one attached hydrogen (secondary N) is 2. The Bertz CT molecular complexity index is 1530. The lowest BCUT2D eigenvalue weighted by Crippen LogP contribution is -2.28. The molecule has 0 aliphatic rings. The Kier molecular flexibility index (Phi) is 8.87. The lowest BCUT2D eigenvalue weighted by molar-refractivity contribution is -0.397. The van der Waals surface area contributed by atoms with Gasteiger partial charge in [0.2, 0.25) is 0 Å². The molecule has 0 radical (unpaired) electrons. The third kappa shape index (κ3) is 6.08. The van der Waals surface area contributed by atoms with Gasteiger partial charge < -0.3 is 10.6 Å². The van der Waals surface area contributed by atoms with Gasteiger partial charge in [-0.05, 0) is 36.4 Å². The second-order valence-corrected chi connectivity index (χ2v) is 9.69.